The first-order valence-corrected chi connectivity index (χ1v) is 8.57. The molecule has 3 heterocycles. The van der Waals surface area contributed by atoms with Gasteiger partial charge in [-0.2, -0.15) is 0 Å². The summed E-state index contributed by atoms with van der Waals surface area (Å²) in [6.45, 7) is 4.14. The topological polar surface area (TPSA) is 111 Å². The summed E-state index contributed by atoms with van der Waals surface area (Å²) in [7, 11) is 1.95. The van der Waals surface area contributed by atoms with Crippen molar-refractivity contribution in [1.29, 1.82) is 0 Å². The number of aryl methyl sites for hydroxylation is 1. The molecule has 1 amide bonds. The van der Waals surface area contributed by atoms with E-state index in [1.807, 2.05) is 7.05 Å². The minimum Gasteiger partial charge on any atom is -0.337 e. The number of carbonyl (C=O) groups is 1. The number of aromatic amines is 2. The Morgan fingerprint density at radius 1 is 1.26 bits per heavy atom. The van der Waals surface area contributed by atoms with Gasteiger partial charge in [0.1, 0.15) is 11.3 Å². The van der Waals surface area contributed by atoms with Crippen LogP contribution in [-0.4, -0.2) is 52.4 Å². The average Bonchev–Trinajstić information content (AvgIpc) is 2.58. The average molecular weight is 418 g/mol. The van der Waals surface area contributed by atoms with Crippen molar-refractivity contribution in [3.8, 4) is 0 Å². The number of aromatic nitrogens is 3. The molecule has 0 atom stereocenters. The van der Waals surface area contributed by atoms with E-state index in [-0.39, 0.29) is 42.1 Å². The Morgan fingerprint density at radius 2 is 1.93 bits per heavy atom. The lowest BCUT2D eigenvalue weighted by molar-refractivity contribution is 0.0681. The van der Waals surface area contributed by atoms with Crippen molar-refractivity contribution in [3.63, 3.8) is 0 Å². The highest BCUT2D eigenvalue weighted by atomic mass is 35.5. The third-order valence-corrected chi connectivity index (χ3v) is 4.83. The number of H-pyrrole nitrogens is 2. The molecular weight excluding hydrogens is 393 g/mol. The number of rotatable bonds is 4. The van der Waals surface area contributed by atoms with Crippen LogP contribution in [0.4, 0.5) is 0 Å². The van der Waals surface area contributed by atoms with Gasteiger partial charge in [-0.05, 0) is 57.3 Å². The molecule has 1 saturated heterocycles. The van der Waals surface area contributed by atoms with E-state index in [9.17, 15) is 14.4 Å². The number of pyridine rings is 1. The standard InChI is InChI=1S/C17H23N5O3.2ClH/c1-10-9-12(19-14-13(10)15(23)21-17(25)20-14)16(24)22-7-4-11(5-8-22)3-6-18-2;;/h9,11,18H,3-8H2,1-2H3,(H2,19,20,21,23,25);2*1H. The summed E-state index contributed by atoms with van der Waals surface area (Å²) in [4.78, 5) is 46.8. The largest absolute Gasteiger partial charge is 0.337 e. The van der Waals surface area contributed by atoms with Gasteiger partial charge in [0.05, 0.1) is 5.39 Å². The monoisotopic (exact) mass is 417 g/mol. The van der Waals surface area contributed by atoms with Crippen LogP contribution in [0.3, 0.4) is 0 Å². The second-order valence-corrected chi connectivity index (χ2v) is 6.58. The lowest BCUT2D eigenvalue weighted by atomic mass is 9.93. The third kappa shape index (κ3) is 5.09. The van der Waals surface area contributed by atoms with Crippen molar-refractivity contribution in [2.75, 3.05) is 26.7 Å². The molecule has 0 bridgehead atoms. The van der Waals surface area contributed by atoms with Gasteiger partial charge in [-0.25, -0.2) is 9.78 Å². The lowest BCUT2D eigenvalue weighted by Gasteiger charge is -2.31. The number of amides is 1. The van der Waals surface area contributed by atoms with Crippen LogP contribution < -0.4 is 16.6 Å². The molecular formula is C17H25Cl2N5O3. The maximum absolute atomic E-state index is 12.8. The molecule has 0 spiro atoms. The Balaban J connectivity index is 0.00000182. The molecule has 0 unspecified atom stereocenters. The van der Waals surface area contributed by atoms with Crippen LogP contribution in [0.1, 0.15) is 35.3 Å². The van der Waals surface area contributed by atoms with Gasteiger partial charge in [0.15, 0.2) is 0 Å². The van der Waals surface area contributed by atoms with Gasteiger partial charge < -0.3 is 10.2 Å². The van der Waals surface area contributed by atoms with E-state index in [0.29, 0.717) is 30.0 Å². The van der Waals surface area contributed by atoms with Gasteiger partial charge >= 0.3 is 5.69 Å². The molecule has 0 aliphatic carbocycles. The van der Waals surface area contributed by atoms with Crippen molar-refractivity contribution in [3.05, 3.63) is 38.2 Å². The number of nitrogens with zero attached hydrogens (tertiary/aromatic N) is 2. The number of hydrogen-bond acceptors (Lipinski definition) is 5. The van der Waals surface area contributed by atoms with Crippen LogP contribution in [0, 0.1) is 12.8 Å². The summed E-state index contributed by atoms with van der Waals surface area (Å²) >= 11 is 0. The van der Waals surface area contributed by atoms with E-state index >= 15 is 0 Å². The van der Waals surface area contributed by atoms with Gasteiger partial charge in [-0.15, -0.1) is 24.8 Å². The molecule has 0 aromatic carbocycles. The maximum atomic E-state index is 12.8. The maximum Gasteiger partial charge on any atom is 0.327 e. The highest BCUT2D eigenvalue weighted by Gasteiger charge is 2.25. The molecule has 2 aromatic heterocycles. The summed E-state index contributed by atoms with van der Waals surface area (Å²) in [6, 6.07) is 1.62. The second kappa shape index (κ2) is 9.87. The van der Waals surface area contributed by atoms with E-state index in [1.165, 1.54) is 0 Å². The predicted molar refractivity (Wildman–Crippen MR) is 109 cm³/mol. The van der Waals surface area contributed by atoms with Crippen molar-refractivity contribution in [2.24, 2.45) is 5.92 Å². The zero-order valence-corrected chi connectivity index (χ0v) is 17.0. The fraction of sp³-hybridized carbons (Fsp3) is 0.529. The highest BCUT2D eigenvalue weighted by Crippen LogP contribution is 2.22. The minimum atomic E-state index is -0.626. The van der Waals surface area contributed by atoms with Gasteiger partial charge in [-0.1, -0.05) is 0 Å². The molecule has 1 aliphatic rings. The van der Waals surface area contributed by atoms with E-state index in [4.69, 9.17) is 0 Å². The van der Waals surface area contributed by atoms with Crippen molar-refractivity contribution in [2.45, 2.75) is 26.2 Å². The Kier molecular flexibility index (Phi) is 8.46. The summed E-state index contributed by atoms with van der Waals surface area (Å²) in [5.41, 5.74) is -0.0804. The zero-order valence-electron chi connectivity index (χ0n) is 15.3. The van der Waals surface area contributed by atoms with E-state index in [1.54, 1.807) is 17.9 Å². The quantitative estimate of drug-likeness (QED) is 0.692. The zero-order chi connectivity index (χ0) is 18.0. The SMILES string of the molecule is CNCCC1CCN(C(=O)c2cc(C)c3c(=O)[nH]c(=O)[nH]c3n2)CC1.Cl.Cl. The van der Waals surface area contributed by atoms with Crippen molar-refractivity contribution >= 4 is 41.8 Å². The smallest absolute Gasteiger partial charge is 0.327 e. The van der Waals surface area contributed by atoms with E-state index in [0.717, 1.165) is 25.8 Å². The summed E-state index contributed by atoms with van der Waals surface area (Å²) in [5, 5.41) is 3.47. The molecule has 1 fully saturated rings. The van der Waals surface area contributed by atoms with Crippen LogP contribution in [-0.2, 0) is 0 Å². The molecule has 27 heavy (non-hydrogen) atoms. The first-order valence-electron chi connectivity index (χ1n) is 8.57. The highest BCUT2D eigenvalue weighted by molar-refractivity contribution is 5.95. The number of hydrogen-bond donors (Lipinski definition) is 3. The molecule has 3 rings (SSSR count). The Labute approximate surface area is 169 Å². The second-order valence-electron chi connectivity index (χ2n) is 6.58. The summed E-state index contributed by atoms with van der Waals surface area (Å²) < 4.78 is 0. The van der Waals surface area contributed by atoms with Crippen LogP contribution in [0.25, 0.3) is 11.0 Å². The van der Waals surface area contributed by atoms with Crippen molar-refractivity contribution < 1.29 is 4.79 Å². The van der Waals surface area contributed by atoms with E-state index < -0.39 is 11.2 Å². The van der Waals surface area contributed by atoms with Crippen LogP contribution in [0.5, 0.6) is 0 Å². The Morgan fingerprint density at radius 3 is 2.56 bits per heavy atom. The van der Waals surface area contributed by atoms with Crippen molar-refractivity contribution in [1.82, 2.24) is 25.2 Å². The summed E-state index contributed by atoms with van der Waals surface area (Å²) in [5.74, 6) is 0.482. The third-order valence-electron chi connectivity index (χ3n) is 4.83. The van der Waals surface area contributed by atoms with Gasteiger partial charge in [0.2, 0.25) is 0 Å². The molecule has 10 heteroatoms. The predicted octanol–water partition coefficient (Wildman–Crippen LogP) is 1.23. The van der Waals surface area contributed by atoms with Gasteiger partial charge in [-0.3, -0.25) is 19.6 Å². The number of nitrogens with one attached hydrogen (secondary N) is 3. The first kappa shape index (κ1) is 23.1. The number of piperidine rings is 1. The molecule has 2 aromatic rings. The molecule has 1 aliphatic heterocycles. The molecule has 3 N–H and O–H groups in total. The van der Waals surface area contributed by atoms with Crippen LogP contribution in [0.2, 0.25) is 0 Å². The van der Waals surface area contributed by atoms with Gasteiger partial charge in [0, 0.05) is 13.1 Å². The number of carbonyl (C=O) groups excluding carboxylic acids is 1. The normalized spacial score (nSPS) is 14.5. The van der Waals surface area contributed by atoms with Gasteiger partial charge in [0.25, 0.3) is 11.5 Å². The Hall–Kier alpha value is -1.90. The lowest BCUT2D eigenvalue weighted by Crippen LogP contribution is -2.39. The Bertz CT molecular complexity index is 904. The molecule has 0 radical (unpaired) electrons. The minimum absolute atomic E-state index is 0. The fourth-order valence-electron chi connectivity index (χ4n) is 3.40. The van der Waals surface area contributed by atoms with Crippen LogP contribution >= 0.6 is 24.8 Å². The number of fused-ring (bicyclic) bond motifs is 1. The molecule has 8 nitrogen and oxygen atoms in total. The first-order chi connectivity index (χ1) is 12.0. The fourth-order valence-corrected chi connectivity index (χ4v) is 3.40. The molecule has 0 saturated carbocycles. The van der Waals surface area contributed by atoms with Crippen LogP contribution in [0.15, 0.2) is 15.7 Å². The number of halogens is 2. The number of likely N-dealkylation sites (tertiary alicyclic amines) is 1. The summed E-state index contributed by atoms with van der Waals surface area (Å²) in [6.07, 6.45) is 3.09. The van der Waals surface area contributed by atoms with E-state index in [2.05, 4.69) is 20.3 Å². The molecule has 150 valence electrons.